The summed E-state index contributed by atoms with van der Waals surface area (Å²) >= 11 is 0. The molecule has 0 spiro atoms. The molecule has 0 aliphatic heterocycles. The van der Waals surface area contributed by atoms with E-state index in [1.807, 2.05) is 31.5 Å². The van der Waals surface area contributed by atoms with Crippen LogP contribution in [0.2, 0.25) is 0 Å². The predicted molar refractivity (Wildman–Crippen MR) is 88.1 cm³/mol. The normalized spacial score (nSPS) is 14.2. The highest BCUT2D eigenvalue weighted by Gasteiger charge is 2.26. The Hall–Kier alpha value is -2.69. The largest absolute Gasteiger partial charge is 0.354 e. The number of aromatic nitrogens is 3. The van der Waals surface area contributed by atoms with E-state index in [9.17, 15) is 0 Å². The van der Waals surface area contributed by atoms with E-state index in [0.29, 0.717) is 11.8 Å². The van der Waals surface area contributed by atoms with Gasteiger partial charge in [-0.3, -0.25) is 10.4 Å². The fraction of sp³-hybridized carbons (Fsp3) is 0.235. The van der Waals surface area contributed by atoms with Crippen molar-refractivity contribution in [3.63, 3.8) is 0 Å². The van der Waals surface area contributed by atoms with Crippen LogP contribution in [0.1, 0.15) is 18.5 Å². The molecule has 3 heterocycles. The molecule has 1 saturated carbocycles. The molecule has 0 radical (unpaired) electrons. The molecule has 0 atom stereocenters. The molecule has 4 rings (SSSR count). The van der Waals surface area contributed by atoms with E-state index >= 15 is 0 Å². The maximum absolute atomic E-state index is 7.95. The summed E-state index contributed by atoms with van der Waals surface area (Å²) < 4.78 is 0. The molecule has 5 nitrogen and oxygen atoms in total. The topological polar surface area (TPSA) is 77.5 Å². The summed E-state index contributed by atoms with van der Waals surface area (Å²) in [5.74, 6) is 1.70. The van der Waals surface area contributed by atoms with Gasteiger partial charge in [-0.15, -0.1) is 0 Å². The average Bonchev–Trinajstić information content (AvgIpc) is 3.27. The molecular formula is C17H17N5. The van der Waals surface area contributed by atoms with Crippen LogP contribution in [0.25, 0.3) is 22.2 Å². The highest BCUT2D eigenvalue weighted by Crippen LogP contribution is 2.31. The predicted octanol–water partition coefficient (Wildman–Crippen LogP) is 3.73. The van der Waals surface area contributed by atoms with Crippen molar-refractivity contribution in [1.82, 2.24) is 15.0 Å². The van der Waals surface area contributed by atoms with Gasteiger partial charge in [0.2, 0.25) is 0 Å². The number of aromatic amines is 1. The van der Waals surface area contributed by atoms with Gasteiger partial charge in [0.05, 0.1) is 5.52 Å². The molecule has 0 bridgehead atoms. The first-order valence-electron chi connectivity index (χ1n) is 7.46. The average molecular weight is 291 g/mol. The van der Waals surface area contributed by atoms with Crippen LogP contribution < -0.4 is 5.32 Å². The van der Waals surface area contributed by atoms with E-state index in [1.165, 1.54) is 0 Å². The van der Waals surface area contributed by atoms with Crippen LogP contribution in [-0.4, -0.2) is 20.8 Å². The van der Waals surface area contributed by atoms with Crippen LogP contribution >= 0.6 is 0 Å². The molecule has 0 amide bonds. The molecule has 5 heteroatoms. The van der Waals surface area contributed by atoms with Crippen LogP contribution in [-0.2, 0) is 0 Å². The van der Waals surface area contributed by atoms with Gasteiger partial charge in [0.25, 0.3) is 0 Å². The van der Waals surface area contributed by atoms with Gasteiger partial charge in [0.1, 0.15) is 11.7 Å². The second-order valence-corrected chi connectivity index (χ2v) is 5.84. The third-order valence-corrected chi connectivity index (χ3v) is 3.96. The van der Waals surface area contributed by atoms with Crippen molar-refractivity contribution in [2.24, 2.45) is 5.92 Å². The van der Waals surface area contributed by atoms with Crippen molar-refractivity contribution < 1.29 is 0 Å². The van der Waals surface area contributed by atoms with Crippen LogP contribution in [0.15, 0.2) is 36.7 Å². The standard InChI is InChI=1S/C17H17N5/c1-10-6-12(4-5-19-10)14-7-13-9-20-16(8-15(13)21-14)22-17(18)11-2-3-11/h4-9,11,21H,2-3H2,1H3,(H2,18,20,22). The number of hydrogen-bond acceptors (Lipinski definition) is 3. The van der Waals surface area contributed by atoms with Gasteiger partial charge in [-0.05, 0) is 38.0 Å². The van der Waals surface area contributed by atoms with Crippen molar-refractivity contribution in [2.75, 3.05) is 5.32 Å². The molecule has 3 N–H and O–H groups in total. The molecule has 0 saturated heterocycles. The monoisotopic (exact) mass is 291 g/mol. The Morgan fingerprint density at radius 2 is 2.14 bits per heavy atom. The summed E-state index contributed by atoms with van der Waals surface area (Å²) in [4.78, 5) is 12.0. The zero-order chi connectivity index (χ0) is 15.1. The van der Waals surface area contributed by atoms with Crippen molar-refractivity contribution in [3.05, 3.63) is 42.4 Å². The lowest BCUT2D eigenvalue weighted by Gasteiger charge is -2.05. The van der Waals surface area contributed by atoms with Gasteiger partial charge in [-0.25, -0.2) is 4.98 Å². The van der Waals surface area contributed by atoms with Crippen LogP contribution in [0.3, 0.4) is 0 Å². The number of rotatable bonds is 3. The van der Waals surface area contributed by atoms with E-state index in [2.05, 4.69) is 32.4 Å². The Kier molecular flexibility index (Phi) is 2.92. The summed E-state index contributed by atoms with van der Waals surface area (Å²) in [6.07, 6.45) is 5.88. The van der Waals surface area contributed by atoms with Gasteiger partial charge in [-0.1, -0.05) is 0 Å². The van der Waals surface area contributed by atoms with Crippen LogP contribution in [0.4, 0.5) is 5.82 Å². The Balaban J connectivity index is 1.67. The first kappa shape index (κ1) is 13.0. The van der Waals surface area contributed by atoms with Crippen molar-refractivity contribution >= 4 is 22.6 Å². The molecule has 110 valence electrons. The quantitative estimate of drug-likeness (QED) is 0.508. The van der Waals surface area contributed by atoms with Crippen molar-refractivity contribution in [2.45, 2.75) is 19.8 Å². The molecule has 3 aromatic heterocycles. The molecule has 22 heavy (non-hydrogen) atoms. The number of amidine groups is 1. The van der Waals surface area contributed by atoms with E-state index in [0.717, 1.165) is 46.5 Å². The summed E-state index contributed by atoms with van der Waals surface area (Å²) in [6.45, 7) is 1.99. The summed E-state index contributed by atoms with van der Waals surface area (Å²) in [5.41, 5.74) is 4.18. The van der Waals surface area contributed by atoms with Gasteiger partial charge in [0.15, 0.2) is 0 Å². The second kappa shape index (κ2) is 4.94. The second-order valence-electron chi connectivity index (χ2n) is 5.84. The summed E-state index contributed by atoms with van der Waals surface area (Å²) in [6, 6.07) is 8.10. The van der Waals surface area contributed by atoms with Crippen LogP contribution in [0, 0.1) is 18.3 Å². The van der Waals surface area contributed by atoms with Crippen LogP contribution in [0.5, 0.6) is 0 Å². The molecule has 3 aromatic rings. The minimum atomic E-state index is 0.400. The fourth-order valence-corrected chi connectivity index (χ4v) is 2.57. The van der Waals surface area contributed by atoms with Gasteiger partial charge >= 0.3 is 0 Å². The zero-order valence-electron chi connectivity index (χ0n) is 12.4. The number of H-pyrrole nitrogens is 1. The Morgan fingerprint density at radius 1 is 1.27 bits per heavy atom. The van der Waals surface area contributed by atoms with E-state index in [4.69, 9.17) is 5.41 Å². The van der Waals surface area contributed by atoms with Gasteiger partial charge in [0, 0.05) is 46.7 Å². The summed E-state index contributed by atoms with van der Waals surface area (Å²) in [5, 5.41) is 12.1. The van der Waals surface area contributed by atoms with E-state index in [-0.39, 0.29) is 0 Å². The fourth-order valence-electron chi connectivity index (χ4n) is 2.57. The molecule has 1 aliphatic carbocycles. The lowest BCUT2D eigenvalue weighted by molar-refractivity contribution is 1.14. The highest BCUT2D eigenvalue weighted by molar-refractivity contribution is 5.97. The zero-order valence-corrected chi connectivity index (χ0v) is 12.4. The third-order valence-electron chi connectivity index (χ3n) is 3.96. The first-order valence-corrected chi connectivity index (χ1v) is 7.46. The van der Waals surface area contributed by atoms with Gasteiger partial charge in [-0.2, -0.15) is 0 Å². The highest BCUT2D eigenvalue weighted by atomic mass is 15.0. The third kappa shape index (κ3) is 2.45. The maximum Gasteiger partial charge on any atom is 0.133 e. The maximum atomic E-state index is 7.95. The number of nitrogens with zero attached hydrogens (tertiary/aromatic N) is 2. The Labute approximate surface area is 128 Å². The molecule has 1 fully saturated rings. The Morgan fingerprint density at radius 3 is 2.91 bits per heavy atom. The number of fused-ring (bicyclic) bond motifs is 1. The minimum Gasteiger partial charge on any atom is -0.354 e. The van der Waals surface area contributed by atoms with E-state index < -0.39 is 0 Å². The lowest BCUT2D eigenvalue weighted by atomic mass is 10.2. The number of nitrogens with one attached hydrogen (secondary N) is 3. The Bertz CT molecular complexity index is 860. The smallest absolute Gasteiger partial charge is 0.133 e. The van der Waals surface area contributed by atoms with Crippen molar-refractivity contribution in [3.8, 4) is 11.3 Å². The SMILES string of the molecule is Cc1cc(-c2cc3cnc(NC(=N)C4CC4)cc3[nH]2)ccn1. The number of anilines is 1. The summed E-state index contributed by atoms with van der Waals surface area (Å²) in [7, 11) is 0. The van der Waals surface area contributed by atoms with Gasteiger partial charge < -0.3 is 10.3 Å². The molecule has 1 aliphatic rings. The van der Waals surface area contributed by atoms with Crippen molar-refractivity contribution in [1.29, 1.82) is 5.41 Å². The molecule has 0 aromatic carbocycles. The molecule has 0 unspecified atom stereocenters. The molecular weight excluding hydrogens is 274 g/mol. The first-order chi connectivity index (χ1) is 10.7. The number of pyridine rings is 2. The lowest BCUT2D eigenvalue weighted by Crippen LogP contribution is -2.13. The number of hydrogen-bond donors (Lipinski definition) is 3. The van der Waals surface area contributed by atoms with E-state index in [1.54, 1.807) is 0 Å². The number of aryl methyl sites for hydroxylation is 1. The minimum absolute atomic E-state index is 0.400.